The van der Waals surface area contributed by atoms with Crippen LogP contribution < -0.4 is 5.11 Å². The normalized spacial score (nSPS) is 5.56. The first kappa shape index (κ1) is 15.9. The number of carboxylic acid groups (broad SMARTS) is 1. The minimum absolute atomic E-state index is 0. The average molecular weight is 221 g/mol. The van der Waals surface area contributed by atoms with Gasteiger partial charge in [-0.25, -0.2) is 19.1 Å². The Labute approximate surface area is 69.6 Å². The molecular weight excluding hydrogens is 210 g/mol. The van der Waals surface area contributed by atoms with Crippen LogP contribution in [0.25, 0.3) is 0 Å². The zero-order valence-corrected chi connectivity index (χ0v) is 7.10. The summed E-state index contributed by atoms with van der Waals surface area (Å²) in [6.45, 7) is 9.72. The third-order valence-electron chi connectivity index (χ3n) is 0. The van der Waals surface area contributed by atoms with E-state index in [1.807, 2.05) is 6.92 Å². The molecule has 0 radical (unpaired) electrons. The van der Waals surface area contributed by atoms with Gasteiger partial charge in [-0.05, 0) is 6.92 Å². The topological polar surface area (TPSA) is 40.1 Å². The number of aliphatic carboxylic acids is 1. The molecule has 3 heteroatoms. The first-order valence-corrected chi connectivity index (χ1v) is 2.12. The summed E-state index contributed by atoms with van der Waals surface area (Å²) in [4.78, 5) is 8.89. The van der Waals surface area contributed by atoms with Crippen LogP contribution in [0, 0.1) is 6.92 Å². The van der Waals surface area contributed by atoms with Crippen molar-refractivity contribution in [2.45, 2.75) is 13.8 Å². The Balaban J connectivity index is -0.0000000720. The van der Waals surface area contributed by atoms with E-state index in [1.54, 1.807) is 0 Å². The number of carboxylic acids is 1. The van der Waals surface area contributed by atoms with E-state index in [0.29, 0.717) is 0 Å². The summed E-state index contributed by atoms with van der Waals surface area (Å²) in [6, 6.07) is 0. The van der Waals surface area contributed by atoms with Crippen LogP contribution in [-0.2, 0) is 25.2 Å². The second-order valence-electron chi connectivity index (χ2n) is 1.45. The minimum Gasteiger partial charge on any atom is -0.550 e. The smallest absolute Gasteiger partial charge is 0.550 e. The van der Waals surface area contributed by atoms with E-state index in [2.05, 4.69) is 13.5 Å². The fourth-order valence-corrected chi connectivity index (χ4v) is 0. The fourth-order valence-electron chi connectivity index (χ4n) is 0. The molecule has 56 valence electrons. The summed E-state index contributed by atoms with van der Waals surface area (Å²) < 4.78 is 0. The predicted molar refractivity (Wildman–Crippen MR) is 30.9 cm³/mol. The third-order valence-corrected chi connectivity index (χ3v) is 0. The maximum absolute atomic E-state index is 8.89. The monoisotopic (exact) mass is 220 g/mol. The number of allylic oxidation sites excluding steroid dienone is 1. The Bertz CT molecular complexity index is 69.1. The van der Waals surface area contributed by atoms with Crippen LogP contribution in [0.3, 0.4) is 0 Å². The van der Waals surface area contributed by atoms with Crippen LogP contribution in [0.1, 0.15) is 13.8 Å². The Morgan fingerprint density at radius 3 is 1.56 bits per heavy atom. The molecule has 0 bridgehead atoms. The number of carbonyl (C=O) groups excluding carboxylic acids is 1. The van der Waals surface area contributed by atoms with Gasteiger partial charge in [0.1, 0.15) is 0 Å². The predicted octanol–water partition coefficient (Wildman–Crippen LogP) is 0.150. The molecule has 0 aromatic heterocycles. The van der Waals surface area contributed by atoms with Gasteiger partial charge in [-0.15, -0.1) is 0 Å². The zero-order chi connectivity index (χ0) is 7.15. The van der Waals surface area contributed by atoms with E-state index in [0.717, 1.165) is 12.5 Å². The van der Waals surface area contributed by atoms with Crippen molar-refractivity contribution in [1.29, 1.82) is 0 Å². The van der Waals surface area contributed by atoms with Crippen LogP contribution in [0.15, 0.2) is 12.2 Å². The molecule has 0 aliphatic rings. The van der Waals surface area contributed by atoms with Crippen molar-refractivity contribution >= 4 is 5.97 Å². The van der Waals surface area contributed by atoms with Crippen molar-refractivity contribution in [3.63, 3.8) is 0 Å². The van der Waals surface area contributed by atoms with E-state index in [1.165, 1.54) is 0 Å². The van der Waals surface area contributed by atoms with Gasteiger partial charge in [-0.3, -0.25) is 0 Å². The minimum atomic E-state index is -1.08. The average Bonchev–Trinajstić information content (AvgIpc) is 1.25. The Morgan fingerprint density at radius 1 is 1.56 bits per heavy atom. The van der Waals surface area contributed by atoms with Crippen LogP contribution in [0.2, 0.25) is 0 Å². The molecule has 9 heavy (non-hydrogen) atoms. The number of rotatable bonds is 0. The van der Waals surface area contributed by atoms with Crippen LogP contribution in [0.5, 0.6) is 0 Å². The quantitative estimate of drug-likeness (QED) is 0.431. The van der Waals surface area contributed by atoms with Crippen LogP contribution in [-0.4, -0.2) is 5.97 Å². The van der Waals surface area contributed by atoms with Crippen molar-refractivity contribution in [2.75, 3.05) is 0 Å². The summed E-state index contributed by atoms with van der Waals surface area (Å²) in [7, 11) is 0. The maximum Gasteiger partial charge on any atom is 2.00 e. The summed E-state index contributed by atoms with van der Waals surface area (Å²) in [5.41, 5.74) is 0.917. The van der Waals surface area contributed by atoms with E-state index in [9.17, 15) is 0 Å². The van der Waals surface area contributed by atoms with Gasteiger partial charge in [-0.1, -0.05) is 6.92 Å². The molecular formula is C6H10O2Pd. The van der Waals surface area contributed by atoms with Crippen molar-refractivity contribution in [3.05, 3.63) is 19.1 Å². The number of hydrogen-bond donors (Lipinski definition) is 0. The molecule has 0 heterocycles. The molecule has 0 aromatic carbocycles. The molecule has 0 spiro atoms. The van der Waals surface area contributed by atoms with Gasteiger partial charge in [-0.2, -0.15) is 0 Å². The van der Waals surface area contributed by atoms with Gasteiger partial charge >= 0.3 is 20.4 Å². The molecule has 0 N–H and O–H groups in total. The number of carbonyl (C=O) groups is 1. The fraction of sp³-hybridized carbons (Fsp3) is 0.333. The van der Waals surface area contributed by atoms with Crippen molar-refractivity contribution in [3.8, 4) is 0 Å². The molecule has 0 atom stereocenters. The molecule has 2 nitrogen and oxygen atoms in total. The molecule has 0 rings (SSSR count). The summed E-state index contributed by atoms with van der Waals surface area (Å²) in [5.74, 6) is -1.08. The van der Waals surface area contributed by atoms with Gasteiger partial charge in [0.25, 0.3) is 0 Å². The maximum atomic E-state index is 8.89. The van der Waals surface area contributed by atoms with Gasteiger partial charge in [0.05, 0.1) is 0 Å². The van der Waals surface area contributed by atoms with E-state index in [4.69, 9.17) is 9.90 Å². The third kappa shape index (κ3) is 3850. The summed E-state index contributed by atoms with van der Waals surface area (Å²) in [6.07, 6.45) is 0. The van der Waals surface area contributed by atoms with E-state index >= 15 is 0 Å². The van der Waals surface area contributed by atoms with Gasteiger partial charge in [0.2, 0.25) is 0 Å². The summed E-state index contributed by atoms with van der Waals surface area (Å²) >= 11 is 0. The molecule has 0 fully saturated rings. The van der Waals surface area contributed by atoms with Crippen molar-refractivity contribution in [2.24, 2.45) is 0 Å². The van der Waals surface area contributed by atoms with Gasteiger partial charge in [0.15, 0.2) is 0 Å². The Morgan fingerprint density at radius 2 is 1.56 bits per heavy atom. The largest absolute Gasteiger partial charge is 2.00 e. The Hall–Kier alpha value is -0.258. The standard InChI is InChI=1S/C4H7.C2H4O2.Pd/c1-4(2)3;1-2(3)4;/h1-2H2,3H3;1H3,(H,3,4);/q-1;;+2/p-1. The van der Waals surface area contributed by atoms with Gasteiger partial charge in [0, 0.05) is 5.97 Å². The molecule has 0 saturated heterocycles. The molecule has 0 aromatic rings. The Kier molecular flexibility index (Phi) is 18.8. The van der Waals surface area contributed by atoms with E-state index < -0.39 is 5.97 Å². The molecule has 0 unspecified atom stereocenters. The van der Waals surface area contributed by atoms with Crippen LogP contribution >= 0.6 is 0 Å². The van der Waals surface area contributed by atoms with E-state index in [-0.39, 0.29) is 20.4 Å². The molecule has 0 aliphatic carbocycles. The number of hydrogen-bond acceptors (Lipinski definition) is 2. The van der Waals surface area contributed by atoms with Crippen LogP contribution in [0.4, 0.5) is 0 Å². The SMILES string of the molecule is C=C([CH2-])C.CC(=O)[O-].[Pd+2]. The first-order valence-electron chi connectivity index (χ1n) is 2.12. The van der Waals surface area contributed by atoms with Crippen molar-refractivity contribution in [1.82, 2.24) is 0 Å². The summed E-state index contributed by atoms with van der Waals surface area (Å²) in [5, 5.41) is 8.89. The molecule has 0 saturated carbocycles. The van der Waals surface area contributed by atoms with Gasteiger partial charge < -0.3 is 9.90 Å². The second-order valence-corrected chi connectivity index (χ2v) is 1.45. The van der Waals surface area contributed by atoms with Crippen molar-refractivity contribution < 1.29 is 30.3 Å². The molecule has 0 aliphatic heterocycles. The second kappa shape index (κ2) is 10.7. The first-order chi connectivity index (χ1) is 3.46. The zero-order valence-electron chi connectivity index (χ0n) is 5.55. The molecule has 0 amide bonds.